The standard InChI is InChI=1S/C17H17Cl2NO2/c1-22-10-9-20(12-13-5-3-2-4-6-13)17(21)15-8-7-14(18)11-16(15)19/h2-8,11H,9-10,12H2,1H3. The molecule has 2 aromatic rings. The zero-order valence-corrected chi connectivity index (χ0v) is 13.8. The number of amides is 1. The minimum atomic E-state index is -0.137. The number of hydrogen-bond donors (Lipinski definition) is 0. The summed E-state index contributed by atoms with van der Waals surface area (Å²) in [4.78, 5) is 14.4. The third-order valence-corrected chi connectivity index (χ3v) is 3.78. The Balaban J connectivity index is 2.22. The Morgan fingerprint density at radius 2 is 1.86 bits per heavy atom. The molecule has 2 aromatic carbocycles. The summed E-state index contributed by atoms with van der Waals surface area (Å²) in [5.41, 5.74) is 1.50. The van der Waals surface area contributed by atoms with Crippen LogP contribution in [0.25, 0.3) is 0 Å². The van der Waals surface area contributed by atoms with Crippen molar-refractivity contribution in [2.75, 3.05) is 20.3 Å². The summed E-state index contributed by atoms with van der Waals surface area (Å²) in [6.07, 6.45) is 0. The Labute approximate surface area is 140 Å². The van der Waals surface area contributed by atoms with Gasteiger partial charge in [-0.15, -0.1) is 0 Å². The number of methoxy groups -OCH3 is 1. The van der Waals surface area contributed by atoms with Crippen LogP contribution < -0.4 is 0 Å². The third kappa shape index (κ3) is 4.47. The quantitative estimate of drug-likeness (QED) is 0.787. The summed E-state index contributed by atoms with van der Waals surface area (Å²) in [5.74, 6) is -0.137. The molecule has 0 fully saturated rings. The van der Waals surface area contributed by atoms with Gasteiger partial charge in [0, 0.05) is 25.2 Å². The number of nitrogens with zero attached hydrogens (tertiary/aromatic N) is 1. The van der Waals surface area contributed by atoms with Gasteiger partial charge in [-0.05, 0) is 23.8 Å². The predicted molar refractivity (Wildman–Crippen MR) is 89.5 cm³/mol. The Bertz CT molecular complexity index is 632. The first kappa shape index (κ1) is 16.8. The van der Waals surface area contributed by atoms with Gasteiger partial charge in [-0.2, -0.15) is 0 Å². The van der Waals surface area contributed by atoms with E-state index in [1.165, 1.54) is 0 Å². The van der Waals surface area contributed by atoms with Gasteiger partial charge in [0.05, 0.1) is 17.2 Å². The van der Waals surface area contributed by atoms with Crippen LogP contribution in [0.3, 0.4) is 0 Å². The van der Waals surface area contributed by atoms with Crippen molar-refractivity contribution in [1.82, 2.24) is 4.90 Å². The molecule has 0 spiro atoms. The monoisotopic (exact) mass is 337 g/mol. The lowest BCUT2D eigenvalue weighted by atomic mass is 10.1. The highest BCUT2D eigenvalue weighted by molar-refractivity contribution is 6.36. The molecular formula is C17H17Cl2NO2. The van der Waals surface area contributed by atoms with Gasteiger partial charge in [0.1, 0.15) is 0 Å². The van der Waals surface area contributed by atoms with Gasteiger partial charge in [-0.1, -0.05) is 53.5 Å². The van der Waals surface area contributed by atoms with Gasteiger partial charge in [-0.25, -0.2) is 0 Å². The van der Waals surface area contributed by atoms with Crippen LogP contribution in [0.5, 0.6) is 0 Å². The van der Waals surface area contributed by atoms with Crippen molar-refractivity contribution in [2.45, 2.75) is 6.54 Å². The molecule has 0 aliphatic heterocycles. The van der Waals surface area contributed by atoms with Gasteiger partial charge in [0.15, 0.2) is 0 Å². The topological polar surface area (TPSA) is 29.5 Å². The molecule has 0 heterocycles. The van der Waals surface area contributed by atoms with E-state index in [2.05, 4.69) is 0 Å². The molecule has 22 heavy (non-hydrogen) atoms. The van der Waals surface area contributed by atoms with Crippen LogP contribution in [0, 0.1) is 0 Å². The summed E-state index contributed by atoms with van der Waals surface area (Å²) < 4.78 is 5.10. The van der Waals surface area contributed by atoms with Crippen molar-refractivity contribution in [3.63, 3.8) is 0 Å². The minimum absolute atomic E-state index is 0.137. The molecule has 0 unspecified atom stereocenters. The molecule has 5 heteroatoms. The number of carbonyl (C=O) groups excluding carboxylic acids is 1. The van der Waals surface area contributed by atoms with Gasteiger partial charge in [0.2, 0.25) is 0 Å². The van der Waals surface area contributed by atoms with E-state index in [9.17, 15) is 4.79 Å². The van der Waals surface area contributed by atoms with E-state index < -0.39 is 0 Å². The summed E-state index contributed by atoms with van der Waals surface area (Å²) in [6, 6.07) is 14.7. The second-order valence-electron chi connectivity index (χ2n) is 4.83. The average molecular weight is 338 g/mol. The van der Waals surface area contributed by atoms with Crippen LogP contribution in [0.15, 0.2) is 48.5 Å². The van der Waals surface area contributed by atoms with E-state index in [1.807, 2.05) is 30.3 Å². The van der Waals surface area contributed by atoms with Crippen molar-refractivity contribution in [2.24, 2.45) is 0 Å². The normalized spacial score (nSPS) is 10.5. The molecule has 3 nitrogen and oxygen atoms in total. The smallest absolute Gasteiger partial charge is 0.255 e. The largest absolute Gasteiger partial charge is 0.383 e. The molecule has 0 aliphatic carbocycles. The Kier molecular flexibility index (Phi) is 6.25. The number of carbonyl (C=O) groups is 1. The van der Waals surface area contributed by atoms with E-state index >= 15 is 0 Å². The zero-order chi connectivity index (χ0) is 15.9. The molecule has 0 radical (unpaired) electrons. The molecule has 1 amide bonds. The van der Waals surface area contributed by atoms with Gasteiger partial charge < -0.3 is 9.64 Å². The van der Waals surface area contributed by atoms with Crippen LogP contribution in [-0.2, 0) is 11.3 Å². The molecule has 0 bridgehead atoms. The van der Waals surface area contributed by atoms with Crippen LogP contribution in [0.4, 0.5) is 0 Å². The van der Waals surface area contributed by atoms with Crippen LogP contribution in [0.1, 0.15) is 15.9 Å². The Morgan fingerprint density at radius 1 is 1.14 bits per heavy atom. The first-order valence-corrected chi connectivity index (χ1v) is 7.64. The van der Waals surface area contributed by atoms with E-state index in [0.717, 1.165) is 5.56 Å². The van der Waals surface area contributed by atoms with Crippen LogP contribution in [-0.4, -0.2) is 31.1 Å². The average Bonchev–Trinajstić information content (AvgIpc) is 2.52. The van der Waals surface area contributed by atoms with E-state index in [-0.39, 0.29) is 5.91 Å². The molecule has 0 aliphatic rings. The second kappa shape index (κ2) is 8.18. The lowest BCUT2D eigenvalue weighted by Gasteiger charge is -2.23. The minimum Gasteiger partial charge on any atom is -0.383 e. The second-order valence-corrected chi connectivity index (χ2v) is 5.67. The van der Waals surface area contributed by atoms with Gasteiger partial charge in [-0.3, -0.25) is 4.79 Å². The predicted octanol–water partition coefficient (Wildman–Crippen LogP) is 4.28. The number of hydrogen-bond acceptors (Lipinski definition) is 2. The number of benzene rings is 2. The number of rotatable bonds is 6. The molecule has 0 aromatic heterocycles. The molecule has 0 N–H and O–H groups in total. The van der Waals surface area contributed by atoms with Crippen molar-refractivity contribution in [1.29, 1.82) is 0 Å². The summed E-state index contributed by atoms with van der Waals surface area (Å²) >= 11 is 12.0. The Morgan fingerprint density at radius 3 is 2.50 bits per heavy atom. The van der Waals surface area contributed by atoms with Gasteiger partial charge in [0.25, 0.3) is 5.91 Å². The lowest BCUT2D eigenvalue weighted by molar-refractivity contribution is 0.0680. The van der Waals surface area contributed by atoms with Crippen molar-refractivity contribution in [3.8, 4) is 0 Å². The maximum Gasteiger partial charge on any atom is 0.255 e. The maximum absolute atomic E-state index is 12.7. The highest BCUT2D eigenvalue weighted by atomic mass is 35.5. The molecule has 2 rings (SSSR count). The fourth-order valence-electron chi connectivity index (χ4n) is 2.09. The van der Waals surface area contributed by atoms with Crippen molar-refractivity contribution < 1.29 is 9.53 Å². The zero-order valence-electron chi connectivity index (χ0n) is 12.3. The fourth-order valence-corrected chi connectivity index (χ4v) is 2.58. The summed E-state index contributed by atoms with van der Waals surface area (Å²) in [5, 5.41) is 0.862. The molecule has 0 saturated heterocycles. The highest BCUT2D eigenvalue weighted by Crippen LogP contribution is 2.23. The Hall–Kier alpha value is -1.55. The lowest BCUT2D eigenvalue weighted by Crippen LogP contribution is -2.33. The first-order chi connectivity index (χ1) is 10.6. The highest BCUT2D eigenvalue weighted by Gasteiger charge is 2.18. The number of halogens is 2. The molecule has 116 valence electrons. The van der Waals surface area contributed by atoms with E-state index in [4.69, 9.17) is 27.9 Å². The molecular weight excluding hydrogens is 321 g/mol. The van der Waals surface area contributed by atoms with Crippen LogP contribution >= 0.6 is 23.2 Å². The van der Waals surface area contributed by atoms with E-state index in [0.29, 0.717) is 35.3 Å². The van der Waals surface area contributed by atoms with E-state index in [1.54, 1.807) is 30.2 Å². The SMILES string of the molecule is COCCN(Cc1ccccc1)C(=O)c1ccc(Cl)cc1Cl. The van der Waals surface area contributed by atoms with Gasteiger partial charge >= 0.3 is 0 Å². The molecule has 0 atom stereocenters. The third-order valence-electron chi connectivity index (χ3n) is 3.23. The molecule has 0 saturated carbocycles. The number of ether oxygens (including phenoxy) is 1. The summed E-state index contributed by atoms with van der Waals surface area (Å²) in [7, 11) is 1.61. The van der Waals surface area contributed by atoms with Crippen molar-refractivity contribution in [3.05, 3.63) is 69.7 Å². The maximum atomic E-state index is 12.7. The fraction of sp³-hybridized carbons (Fsp3) is 0.235. The summed E-state index contributed by atoms with van der Waals surface area (Å²) in [6.45, 7) is 1.45. The van der Waals surface area contributed by atoms with Crippen LogP contribution in [0.2, 0.25) is 10.0 Å². The van der Waals surface area contributed by atoms with Crippen molar-refractivity contribution >= 4 is 29.1 Å². The first-order valence-electron chi connectivity index (χ1n) is 6.89.